The Morgan fingerprint density at radius 1 is 1.20 bits per heavy atom. The number of rotatable bonds is 11. The number of benzene rings is 1. The van der Waals surface area contributed by atoms with Crippen LogP contribution in [0, 0.1) is 0 Å². The lowest BCUT2D eigenvalue weighted by Gasteiger charge is -2.17. The summed E-state index contributed by atoms with van der Waals surface area (Å²) in [6, 6.07) is 7.66. The van der Waals surface area contributed by atoms with Crippen LogP contribution in [0.15, 0.2) is 55.0 Å². The molecule has 0 aliphatic carbocycles. The van der Waals surface area contributed by atoms with E-state index in [2.05, 4.69) is 15.4 Å². The molecule has 1 aromatic carbocycles. The second kappa shape index (κ2) is 12.7. The van der Waals surface area contributed by atoms with Gasteiger partial charge in [0.25, 0.3) is 5.91 Å². The second-order valence-electron chi connectivity index (χ2n) is 8.93. The van der Waals surface area contributed by atoms with Crippen LogP contribution in [0.2, 0.25) is 0 Å². The minimum absolute atomic E-state index is 0.0854. The number of pyridine rings is 1. The molecule has 0 saturated carbocycles. The fourth-order valence-corrected chi connectivity index (χ4v) is 3.79. The molecule has 3 aromatic rings. The van der Waals surface area contributed by atoms with E-state index in [1.807, 2.05) is 0 Å². The van der Waals surface area contributed by atoms with E-state index in [0.717, 1.165) is 12.1 Å². The molecule has 1 aliphatic heterocycles. The van der Waals surface area contributed by atoms with Crippen LogP contribution >= 0.6 is 0 Å². The van der Waals surface area contributed by atoms with Crippen LogP contribution in [0.1, 0.15) is 12.0 Å². The van der Waals surface area contributed by atoms with Gasteiger partial charge in [-0.15, -0.1) is 0 Å². The molecule has 3 heterocycles. The molecule has 1 saturated heterocycles. The number of ether oxygens (including phenoxy) is 4. The third kappa shape index (κ3) is 7.85. The number of alkyl halides is 3. The van der Waals surface area contributed by atoms with Crippen LogP contribution < -0.4 is 19.5 Å². The zero-order valence-corrected chi connectivity index (χ0v) is 21.8. The molecule has 2 amide bonds. The summed E-state index contributed by atoms with van der Waals surface area (Å²) in [6.07, 6.45) is -0.594. The summed E-state index contributed by atoms with van der Waals surface area (Å²) in [6.45, 7) is 0.456. The SMILES string of the molecule is COc1cc(O[C@@H]2CO[C@@H](C(=O)Nc3cnn(CC(=O)N(C)CCOc4ccc(C(F)(F)F)cc4)c3)C2)ccn1. The van der Waals surface area contributed by atoms with Crippen LogP contribution in [0.3, 0.4) is 0 Å². The molecule has 0 spiro atoms. The minimum Gasteiger partial charge on any atom is -0.492 e. The molecule has 0 radical (unpaired) electrons. The molecule has 0 bridgehead atoms. The van der Waals surface area contributed by atoms with Gasteiger partial charge in [0, 0.05) is 31.9 Å². The summed E-state index contributed by atoms with van der Waals surface area (Å²) >= 11 is 0. The van der Waals surface area contributed by atoms with Crippen molar-refractivity contribution in [3.05, 3.63) is 60.6 Å². The maximum absolute atomic E-state index is 12.7. The lowest BCUT2D eigenvalue weighted by Crippen LogP contribution is -2.33. The maximum atomic E-state index is 12.7. The molecular weight excluding hydrogens is 535 g/mol. The predicted molar refractivity (Wildman–Crippen MR) is 135 cm³/mol. The number of nitrogens with one attached hydrogen (secondary N) is 1. The summed E-state index contributed by atoms with van der Waals surface area (Å²) in [5.41, 5.74) is -0.365. The van der Waals surface area contributed by atoms with Crippen molar-refractivity contribution in [2.75, 3.05) is 39.2 Å². The second-order valence-corrected chi connectivity index (χ2v) is 8.93. The van der Waals surface area contributed by atoms with E-state index in [0.29, 0.717) is 23.7 Å². The van der Waals surface area contributed by atoms with Crippen LogP contribution in [0.5, 0.6) is 17.4 Å². The Balaban J connectivity index is 1.18. The van der Waals surface area contributed by atoms with Gasteiger partial charge in [0.1, 0.15) is 36.9 Å². The quantitative estimate of drug-likeness (QED) is 0.379. The molecular formula is C26H28F3N5O6. The Morgan fingerprint density at radius 3 is 2.70 bits per heavy atom. The highest BCUT2D eigenvalue weighted by Gasteiger charge is 2.33. The fraction of sp³-hybridized carbons (Fsp3) is 0.385. The smallest absolute Gasteiger partial charge is 0.416 e. The molecule has 4 rings (SSSR count). The van der Waals surface area contributed by atoms with Crippen LogP contribution in [-0.2, 0) is 27.0 Å². The van der Waals surface area contributed by atoms with Gasteiger partial charge < -0.3 is 29.2 Å². The highest BCUT2D eigenvalue weighted by atomic mass is 19.4. The number of carbonyl (C=O) groups is 2. The van der Waals surface area contributed by atoms with Gasteiger partial charge in [0.05, 0.1) is 37.7 Å². The molecule has 0 unspecified atom stereocenters. The molecule has 2 atom stereocenters. The lowest BCUT2D eigenvalue weighted by molar-refractivity contribution is -0.137. The molecule has 14 heteroatoms. The number of hydrogen-bond donors (Lipinski definition) is 1. The van der Waals surface area contributed by atoms with Crippen molar-refractivity contribution in [3.63, 3.8) is 0 Å². The van der Waals surface area contributed by atoms with Crippen LogP contribution in [0.25, 0.3) is 0 Å². The highest BCUT2D eigenvalue weighted by Crippen LogP contribution is 2.30. The molecule has 1 N–H and O–H groups in total. The largest absolute Gasteiger partial charge is 0.492 e. The first kappa shape index (κ1) is 28.7. The predicted octanol–water partition coefficient (Wildman–Crippen LogP) is 3.02. The molecule has 2 aromatic heterocycles. The monoisotopic (exact) mass is 563 g/mol. The van der Waals surface area contributed by atoms with E-state index < -0.39 is 17.8 Å². The van der Waals surface area contributed by atoms with Gasteiger partial charge in [-0.2, -0.15) is 18.3 Å². The van der Waals surface area contributed by atoms with Gasteiger partial charge in [0.15, 0.2) is 0 Å². The van der Waals surface area contributed by atoms with Crippen molar-refractivity contribution in [1.29, 1.82) is 0 Å². The summed E-state index contributed by atoms with van der Waals surface area (Å²) < 4.78 is 61.3. The first-order chi connectivity index (χ1) is 19.1. The van der Waals surface area contributed by atoms with Gasteiger partial charge in [-0.05, 0) is 30.3 Å². The lowest BCUT2D eigenvalue weighted by atomic mass is 10.2. The van der Waals surface area contributed by atoms with Crippen molar-refractivity contribution in [3.8, 4) is 17.4 Å². The number of amides is 2. The van der Waals surface area contributed by atoms with Gasteiger partial charge in [-0.1, -0.05) is 0 Å². The Kier molecular flexibility index (Phi) is 9.09. The number of methoxy groups -OCH3 is 1. The van der Waals surface area contributed by atoms with Crippen molar-refractivity contribution < 1.29 is 41.7 Å². The van der Waals surface area contributed by atoms with Crippen molar-refractivity contribution in [2.45, 2.75) is 31.3 Å². The number of halogens is 3. The third-order valence-electron chi connectivity index (χ3n) is 5.97. The zero-order chi connectivity index (χ0) is 28.7. The molecule has 1 aliphatic rings. The normalized spacial score (nSPS) is 16.8. The summed E-state index contributed by atoms with van der Waals surface area (Å²) in [5.74, 6) is 0.608. The van der Waals surface area contributed by atoms with Gasteiger partial charge in [-0.3, -0.25) is 14.3 Å². The van der Waals surface area contributed by atoms with E-state index in [-0.39, 0.29) is 50.0 Å². The van der Waals surface area contributed by atoms with Crippen molar-refractivity contribution in [2.24, 2.45) is 0 Å². The number of anilines is 1. The maximum Gasteiger partial charge on any atom is 0.416 e. The number of carbonyl (C=O) groups excluding carboxylic acids is 2. The van der Waals surface area contributed by atoms with Gasteiger partial charge in [0.2, 0.25) is 11.8 Å². The molecule has 40 heavy (non-hydrogen) atoms. The highest BCUT2D eigenvalue weighted by molar-refractivity contribution is 5.94. The zero-order valence-electron chi connectivity index (χ0n) is 21.8. The third-order valence-corrected chi connectivity index (χ3v) is 5.97. The minimum atomic E-state index is -4.42. The summed E-state index contributed by atoms with van der Waals surface area (Å²) in [4.78, 5) is 30.6. The van der Waals surface area contributed by atoms with E-state index in [1.54, 1.807) is 25.4 Å². The molecule has 1 fully saturated rings. The molecule has 11 nitrogen and oxygen atoms in total. The summed E-state index contributed by atoms with van der Waals surface area (Å²) in [5, 5.41) is 6.84. The number of hydrogen-bond acceptors (Lipinski definition) is 8. The first-order valence-electron chi connectivity index (χ1n) is 12.3. The Hall–Kier alpha value is -4.33. The average molecular weight is 564 g/mol. The fourth-order valence-electron chi connectivity index (χ4n) is 3.79. The Labute approximate surface area is 227 Å². The number of likely N-dealkylation sites (N-methyl/N-ethyl adjacent to an activating group) is 1. The first-order valence-corrected chi connectivity index (χ1v) is 12.3. The van der Waals surface area contributed by atoms with Crippen LogP contribution in [-0.4, -0.2) is 77.6 Å². The molecule has 214 valence electrons. The topological polar surface area (TPSA) is 117 Å². The van der Waals surface area contributed by atoms with Crippen molar-refractivity contribution >= 4 is 17.5 Å². The number of nitrogens with zero attached hydrogens (tertiary/aromatic N) is 4. The van der Waals surface area contributed by atoms with E-state index in [9.17, 15) is 22.8 Å². The average Bonchev–Trinajstić information content (AvgIpc) is 3.58. The summed E-state index contributed by atoms with van der Waals surface area (Å²) in [7, 11) is 3.08. The van der Waals surface area contributed by atoms with E-state index in [4.69, 9.17) is 18.9 Å². The van der Waals surface area contributed by atoms with Gasteiger partial charge >= 0.3 is 6.18 Å². The Morgan fingerprint density at radius 2 is 1.98 bits per heavy atom. The van der Waals surface area contributed by atoms with E-state index >= 15 is 0 Å². The number of aromatic nitrogens is 3. The standard InChI is InChI=1S/C26H28F3N5O6/c1-33(9-10-38-19-5-3-17(4-6-19)26(27,28)29)24(35)15-34-14-18(13-31-34)32-25(36)22-11-21(16-39-22)40-20-7-8-30-23(12-20)37-2/h3-8,12-14,21-22H,9-11,15-16H2,1-2H3,(H,32,36)/t21-,22+/m0/s1. The van der Waals surface area contributed by atoms with Gasteiger partial charge in [-0.25, -0.2) is 4.98 Å². The van der Waals surface area contributed by atoms with Crippen LogP contribution in [0.4, 0.5) is 18.9 Å². The Bertz CT molecular complexity index is 1300. The van der Waals surface area contributed by atoms with Crippen molar-refractivity contribution in [1.82, 2.24) is 19.7 Å². The van der Waals surface area contributed by atoms with E-state index in [1.165, 1.54) is 41.2 Å².